The number of hydrogen-bond donors (Lipinski definition) is 1. The first-order chi connectivity index (χ1) is 11.1. The van der Waals surface area contributed by atoms with Gasteiger partial charge in [-0.2, -0.15) is 0 Å². The van der Waals surface area contributed by atoms with Gasteiger partial charge in [0, 0.05) is 49.9 Å². The molecule has 126 valence electrons. The Morgan fingerprint density at radius 2 is 1.83 bits per heavy atom. The number of piperidine rings is 1. The zero-order valence-electron chi connectivity index (χ0n) is 13.7. The van der Waals surface area contributed by atoms with Crippen molar-refractivity contribution in [2.75, 3.05) is 31.6 Å². The lowest BCUT2D eigenvalue weighted by atomic mass is 9.86. The highest BCUT2D eigenvalue weighted by Gasteiger charge is 2.43. The van der Waals surface area contributed by atoms with Crippen molar-refractivity contribution in [2.45, 2.75) is 38.1 Å². The number of rotatable bonds is 3. The molecule has 1 aromatic carbocycles. The Morgan fingerprint density at radius 1 is 1.22 bits per heavy atom. The van der Waals surface area contributed by atoms with Gasteiger partial charge in [-0.15, -0.1) is 0 Å². The smallest absolute Gasteiger partial charge is 0.248 e. The number of hydrogen-bond acceptors (Lipinski definition) is 3. The van der Waals surface area contributed by atoms with Gasteiger partial charge in [0.15, 0.2) is 0 Å². The van der Waals surface area contributed by atoms with Crippen LogP contribution < -0.4 is 5.32 Å². The van der Waals surface area contributed by atoms with Crippen LogP contribution in [-0.2, 0) is 9.53 Å². The third-order valence-electron chi connectivity index (χ3n) is 5.05. The summed E-state index contributed by atoms with van der Waals surface area (Å²) in [7, 11) is 0. The Morgan fingerprint density at radius 3 is 2.43 bits per heavy atom. The summed E-state index contributed by atoms with van der Waals surface area (Å²) in [6, 6.07) is 7.57. The van der Waals surface area contributed by atoms with E-state index >= 15 is 0 Å². The molecule has 23 heavy (non-hydrogen) atoms. The van der Waals surface area contributed by atoms with E-state index in [1.807, 2.05) is 29.2 Å². The van der Waals surface area contributed by atoms with Crippen molar-refractivity contribution in [3.05, 3.63) is 29.3 Å². The lowest BCUT2D eigenvalue weighted by Crippen LogP contribution is -2.58. The second kappa shape index (κ2) is 7.10. The summed E-state index contributed by atoms with van der Waals surface area (Å²) >= 11 is 5.96. The molecule has 2 aliphatic heterocycles. The number of carbonyl (C=O) groups is 1. The minimum atomic E-state index is -0.549. The highest BCUT2D eigenvalue weighted by atomic mass is 35.5. The first-order valence-corrected chi connectivity index (χ1v) is 8.88. The molecule has 0 atom stereocenters. The van der Waals surface area contributed by atoms with Crippen molar-refractivity contribution in [2.24, 2.45) is 5.92 Å². The molecule has 1 N–H and O–H groups in total. The molecular formula is C18H25ClN2O2. The second-order valence-corrected chi connectivity index (χ2v) is 7.24. The van der Waals surface area contributed by atoms with Gasteiger partial charge < -0.3 is 15.0 Å². The third kappa shape index (κ3) is 3.81. The molecule has 2 fully saturated rings. The Hall–Kier alpha value is -1.26. The van der Waals surface area contributed by atoms with Crippen LogP contribution in [0.3, 0.4) is 0 Å². The van der Waals surface area contributed by atoms with E-state index < -0.39 is 5.54 Å². The van der Waals surface area contributed by atoms with Crippen molar-refractivity contribution in [1.82, 2.24) is 4.90 Å². The Balaban J connectivity index is 1.78. The topological polar surface area (TPSA) is 41.6 Å². The fraction of sp³-hybridized carbons (Fsp3) is 0.611. The minimum Gasteiger partial charge on any atom is -0.381 e. The van der Waals surface area contributed by atoms with E-state index in [0.29, 0.717) is 37.0 Å². The van der Waals surface area contributed by atoms with Crippen LogP contribution in [0.4, 0.5) is 5.69 Å². The molecule has 4 nitrogen and oxygen atoms in total. The summed E-state index contributed by atoms with van der Waals surface area (Å²) in [5.74, 6) is 0.941. The predicted molar refractivity (Wildman–Crippen MR) is 92.8 cm³/mol. The molecule has 0 spiro atoms. The van der Waals surface area contributed by atoms with Crippen LogP contribution in [0.15, 0.2) is 24.3 Å². The fourth-order valence-electron chi connectivity index (χ4n) is 3.44. The predicted octanol–water partition coefficient (Wildman–Crippen LogP) is 3.56. The van der Waals surface area contributed by atoms with E-state index in [-0.39, 0.29) is 5.91 Å². The van der Waals surface area contributed by atoms with E-state index in [9.17, 15) is 4.79 Å². The molecule has 5 heteroatoms. The fourth-order valence-corrected chi connectivity index (χ4v) is 3.56. The van der Waals surface area contributed by atoms with Gasteiger partial charge in [-0.05, 0) is 43.0 Å². The van der Waals surface area contributed by atoms with Gasteiger partial charge in [0.2, 0.25) is 5.91 Å². The number of carbonyl (C=O) groups excluding carboxylic acids is 1. The van der Waals surface area contributed by atoms with Gasteiger partial charge in [0.05, 0.1) is 0 Å². The maximum absolute atomic E-state index is 13.2. The number of anilines is 1. The number of likely N-dealkylation sites (tertiary alicyclic amines) is 1. The van der Waals surface area contributed by atoms with Gasteiger partial charge >= 0.3 is 0 Å². The van der Waals surface area contributed by atoms with Gasteiger partial charge in [0.25, 0.3) is 0 Å². The van der Waals surface area contributed by atoms with E-state index in [2.05, 4.69) is 12.2 Å². The van der Waals surface area contributed by atoms with Crippen LogP contribution >= 0.6 is 11.6 Å². The van der Waals surface area contributed by atoms with E-state index in [1.165, 1.54) is 0 Å². The van der Waals surface area contributed by atoms with Crippen LogP contribution in [0.25, 0.3) is 0 Å². The van der Waals surface area contributed by atoms with Crippen molar-refractivity contribution >= 4 is 23.2 Å². The maximum atomic E-state index is 13.2. The second-order valence-electron chi connectivity index (χ2n) is 6.80. The number of benzene rings is 1. The number of ether oxygens (including phenoxy) is 1. The zero-order valence-corrected chi connectivity index (χ0v) is 14.4. The Kier molecular flexibility index (Phi) is 5.12. The maximum Gasteiger partial charge on any atom is 0.248 e. The largest absolute Gasteiger partial charge is 0.381 e. The monoisotopic (exact) mass is 336 g/mol. The number of nitrogens with one attached hydrogen (secondary N) is 1. The molecule has 0 bridgehead atoms. The SMILES string of the molecule is CC1CCN(C(=O)C2(Nc3ccc(Cl)cc3)CCOCC2)CC1. The summed E-state index contributed by atoms with van der Waals surface area (Å²) in [4.78, 5) is 15.3. The van der Waals surface area contributed by atoms with Gasteiger partial charge in [-0.3, -0.25) is 4.79 Å². The van der Waals surface area contributed by atoms with Crippen LogP contribution in [-0.4, -0.2) is 42.6 Å². The number of halogens is 1. The summed E-state index contributed by atoms with van der Waals surface area (Å²) in [5, 5.41) is 4.20. The van der Waals surface area contributed by atoms with Crippen LogP contribution in [0.2, 0.25) is 5.02 Å². The lowest BCUT2D eigenvalue weighted by Gasteiger charge is -2.42. The highest BCUT2D eigenvalue weighted by molar-refractivity contribution is 6.30. The van der Waals surface area contributed by atoms with Crippen LogP contribution in [0.5, 0.6) is 0 Å². The molecule has 0 radical (unpaired) electrons. The average molecular weight is 337 g/mol. The third-order valence-corrected chi connectivity index (χ3v) is 5.31. The quantitative estimate of drug-likeness (QED) is 0.917. The molecule has 2 saturated heterocycles. The number of nitrogens with zero attached hydrogens (tertiary/aromatic N) is 1. The first-order valence-electron chi connectivity index (χ1n) is 8.50. The summed E-state index contributed by atoms with van der Waals surface area (Å²) in [6.45, 7) is 5.24. The molecule has 0 aliphatic carbocycles. The molecule has 1 aromatic rings. The molecule has 0 aromatic heterocycles. The highest BCUT2D eigenvalue weighted by Crippen LogP contribution is 2.30. The lowest BCUT2D eigenvalue weighted by molar-refractivity contribution is -0.140. The average Bonchev–Trinajstić information content (AvgIpc) is 2.58. The molecular weight excluding hydrogens is 312 g/mol. The summed E-state index contributed by atoms with van der Waals surface area (Å²) in [5.41, 5.74) is 0.391. The van der Waals surface area contributed by atoms with Crippen molar-refractivity contribution in [3.63, 3.8) is 0 Å². The molecule has 3 rings (SSSR count). The van der Waals surface area contributed by atoms with Crippen molar-refractivity contribution in [1.29, 1.82) is 0 Å². The summed E-state index contributed by atoms with van der Waals surface area (Å²) in [6.07, 6.45) is 3.61. The first kappa shape index (κ1) is 16.6. The summed E-state index contributed by atoms with van der Waals surface area (Å²) < 4.78 is 5.50. The molecule has 2 heterocycles. The van der Waals surface area contributed by atoms with Crippen molar-refractivity contribution < 1.29 is 9.53 Å². The standard InChI is InChI=1S/C18H25ClN2O2/c1-14-6-10-21(11-7-14)17(22)18(8-12-23-13-9-18)20-16-4-2-15(19)3-5-16/h2-5,14,20H,6-13H2,1H3. The van der Waals surface area contributed by atoms with Gasteiger partial charge in [-0.25, -0.2) is 0 Å². The van der Waals surface area contributed by atoms with E-state index in [4.69, 9.17) is 16.3 Å². The van der Waals surface area contributed by atoms with Gasteiger partial charge in [0.1, 0.15) is 5.54 Å². The minimum absolute atomic E-state index is 0.225. The molecule has 1 amide bonds. The Bertz CT molecular complexity index is 532. The molecule has 0 unspecified atom stereocenters. The molecule has 0 saturated carbocycles. The van der Waals surface area contributed by atoms with Crippen LogP contribution in [0, 0.1) is 5.92 Å². The Labute approximate surface area is 143 Å². The molecule has 2 aliphatic rings. The van der Waals surface area contributed by atoms with E-state index in [0.717, 1.165) is 31.6 Å². The van der Waals surface area contributed by atoms with Crippen molar-refractivity contribution in [3.8, 4) is 0 Å². The zero-order chi connectivity index (χ0) is 16.3. The van der Waals surface area contributed by atoms with Gasteiger partial charge in [-0.1, -0.05) is 18.5 Å². The van der Waals surface area contributed by atoms with Crippen LogP contribution in [0.1, 0.15) is 32.6 Å². The normalized spacial score (nSPS) is 21.9. The number of amides is 1. The van der Waals surface area contributed by atoms with E-state index in [1.54, 1.807) is 0 Å².